The molecule has 3 nitrogen and oxygen atoms in total. The van der Waals surface area contributed by atoms with Gasteiger partial charge >= 0.3 is 0 Å². The summed E-state index contributed by atoms with van der Waals surface area (Å²) in [5.41, 5.74) is 1.07. The van der Waals surface area contributed by atoms with Crippen LogP contribution in [0.2, 0.25) is 0 Å². The smallest absolute Gasteiger partial charge is 0.204 e. The third kappa shape index (κ3) is 4.88. The lowest BCUT2D eigenvalue weighted by Gasteiger charge is -2.30. The Balaban J connectivity index is 1.88. The van der Waals surface area contributed by atoms with E-state index in [4.69, 9.17) is 0 Å². The summed E-state index contributed by atoms with van der Waals surface area (Å²) in [4.78, 5) is 0. The number of nitrogens with one attached hydrogen (secondary N) is 2. The molecule has 3 aromatic rings. The third-order valence-corrected chi connectivity index (χ3v) is 7.44. The Morgan fingerprint density at radius 2 is 1.19 bits per heavy atom. The highest BCUT2D eigenvalue weighted by molar-refractivity contribution is 7.76. The van der Waals surface area contributed by atoms with Gasteiger partial charge in [-0.05, 0) is 42.3 Å². The zero-order valence-electron chi connectivity index (χ0n) is 15.9. The number of para-hydroxylation sites is 1. The van der Waals surface area contributed by atoms with Crippen LogP contribution in [0.3, 0.4) is 0 Å². The summed E-state index contributed by atoms with van der Waals surface area (Å²) < 4.78 is 14.2. The maximum absolute atomic E-state index is 14.2. The fourth-order valence-electron chi connectivity index (χ4n) is 3.02. The standard InChI is InChI=1S/C23H27N2OP/c1-19(2)23(18-24-20-12-6-3-7-13-20)25-27(26,21-14-8-4-9-15-21)22-16-10-5-11-17-22/h3-17,19,23-24H,18H2,1-2H3,(H,25,26)/t23-/m1/s1. The first-order valence-electron chi connectivity index (χ1n) is 9.37. The molecule has 3 aromatic carbocycles. The molecular weight excluding hydrogens is 351 g/mol. The zero-order valence-corrected chi connectivity index (χ0v) is 16.8. The molecule has 140 valence electrons. The molecule has 1 atom stereocenters. The molecule has 3 rings (SSSR count). The Morgan fingerprint density at radius 3 is 1.63 bits per heavy atom. The zero-order chi connectivity index (χ0) is 19.1. The van der Waals surface area contributed by atoms with Crippen molar-refractivity contribution in [2.45, 2.75) is 19.9 Å². The fraction of sp³-hybridized carbons (Fsp3) is 0.217. The van der Waals surface area contributed by atoms with Gasteiger partial charge in [0.25, 0.3) is 0 Å². The lowest BCUT2D eigenvalue weighted by Crippen LogP contribution is -2.42. The molecule has 0 aliphatic carbocycles. The second-order valence-electron chi connectivity index (χ2n) is 7.01. The van der Waals surface area contributed by atoms with Crippen LogP contribution in [0.25, 0.3) is 0 Å². The van der Waals surface area contributed by atoms with Crippen LogP contribution in [0, 0.1) is 5.92 Å². The van der Waals surface area contributed by atoms with Gasteiger partial charge in [0, 0.05) is 28.9 Å². The molecule has 0 spiro atoms. The molecule has 2 N–H and O–H groups in total. The molecular formula is C23H27N2OP. The van der Waals surface area contributed by atoms with Crippen LogP contribution in [-0.2, 0) is 4.57 Å². The van der Waals surface area contributed by atoms with Crippen LogP contribution in [-0.4, -0.2) is 12.6 Å². The number of hydrogen-bond donors (Lipinski definition) is 2. The van der Waals surface area contributed by atoms with Crippen molar-refractivity contribution >= 4 is 23.6 Å². The monoisotopic (exact) mass is 378 g/mol. The van der Waals surface area contributed by atoms with Gasteiger partial charge in [0.2, 0.25) is 7.29 Å². The molecule has 0 heterocycles. The second kappa shape index (κ2) is 9.03. The first-order valence-corrected chi connectivity index (χ1v) is 11.1. The summed E-state index contributed by atoms with van der Waals surface area (Å²) in [5.74, 6) is 0.321. The van der Waals surface area contributed by atoms with E-state index >= 15 is 0 Å². The van der Waals surface area contributed by atoms with E-state index in [1.165, 1.54) is 0 Å². The number of anilines is 1. The van der Waals surface area contributed by atoms with E-state index in [0.717, 1.165) is 16.3 Å². The summed E-state index contributed by atoms with van der Waals surface area (Å²) in [6, 6.07) is 29.6. The fourth-order valence-corrected chi connectivity index (χ4v) is 5.66. The SMILES string of the molecule is CC(C)[C@@H](CNc1ccccc1)NP(=O)(c1ccccc1)c1ccccc1. The van der Waals surface area contributed by atoms with Crippen molar-refractivity contribution in [3.05, 3.63) is 91.0 Å². The minimum atomic E-state index is -2.95. The molecule has 4 heteroatoms. The predicted molar refractivity (Wildman–Crippen MR) is 116 cm³/mol. The molecule has 0 saturated heterocycles. The largest absolute Gasteiger partial charge is 0.383 e. The van der Waals surface area contributed by atoms with Gasteiger partial charge in [-0.3, -0.25) is 9.65 Å². The number of hydrogen-bond acceptors (Lipinski definition) is 2. The molecule has 0 bridgehead atoms. The maximum atomic E-state index is 14.2. The van der Waals surface area contributed by atoms with Crippen LogP contribution in [0.1, 0.15) is 13.8 Å². The van der Waals surface area contributed by atoms with Crippen molar-refractivity contribution in [2.75, 3.05) is 11.9 Å². The van der Waals surface area contributed by atoms with E-state index in [0.29, 0.717) is 12.5 Å². The maximum Gasteiger partial charge on any atom is 0.204 e. The molecule has 0 saturated carbocycles. The van der Waals surface area contributed by atoms with Crippen LogP contribution >= 0.6 is 7.29 Å². The van der Waals surface area contributed by atoms with E-state index in [1.807, 2.05) is 91.0 Å². The highest BCUT2D eigenvalue weighted by Gasteiger charge is 2.31. The molecule has 0 amide bonds. The Bertz CT molecular complexity index is 823. The summed E-state index contributed by atoms with van der Waals surface area (Å²) in [5, 5.41) is 8.66. The van der Waals surface area contributed by atoms with E-state index in [1.54, 1.807) is 0 Å². The predicted octanol–water partition coefficient (Wildman–Crippen LogP) is 4.64. The lowest BCUT2D eigenvalue weighted by atomic mass is 10.1. The number of rotatable bonds is 8. The van der Waals surface area contributed by atoms with Crippen molar-refractivity contribution in [1.29, 1.82) is 0 Å². The average molecular weight is 378 g/mol. The van der Waals surface area contributed by atoms with E-state index in [2.05, 4.69) is 24.3 Å². The molecule has 0 aliphatic rings. The van der Waals surface area contributed by atoms with Gasteiger partial charge < -0.3 is 5.32 Å². The van der Waals surface area contributed by atoms with Gasteiger partial charge in [-0.1, -0.05) is 68.4 Å². The molecule has 27 heavy (non-hydrogen) atoms. The molecule has 0 radical (unpaired) electrons. The van der Waals surface area contributed by atoms with Crippen molar-refractivity contribution in [3.8, 4) is 0 Å². The third-order valence-electron chi connectivity index (χ3n) is 4.69. The summed E-state index contributed by atoms with van der Waals surface area (Å²) in [6.07, 6.45) is 0. The van der Waals surface area contributed by atoms with Crippen LogP contribution in [0.15, 0.2) is 91.0 Å². The topological polar surface area (TPSA) is 41.1 Å². The van der Waals surface area contributed by atoms with E-state index < -0.39 is 7.29 Å². The van der Waals surface area contributed by atoms with Gasteiger partial charge in [-0.25, -0.2) is 0 Å². The highest BCUT2D eigenvalue weighted by Crippen LogP contribution is 2.40. The quantitative estimate of drug-likeness (QED) is 0.561. The van der Waals surface area contributed by atoms with Gasteiger partial charge in [0.05, 0.1) is 0 Å². The minimum Gasteiger partial charge on any atom is -0.383 e. The summed E-state index contributed by atoms with van der Waals surface area (Å²) in [7, 11) is -2.95. The summed E-state index contributed by atoms with van der Waals surface area (Å²) >= 11 is 0. The van der Waals surface area contributed by atoms with Gasteiger partial charge in [-0.15, -0.1) is 0 Å². The van der Waals surface area contributed by atoms with Gasteiger partial charge in [0.1, 0.15) is 0 Å². The second-order valence-corrected chi connectivity index (χ2v) is 9.52. The average Bonchev–Trinajstić information content (AvgIpc) is 2.73. The van der Waals surface area contributed by atoms with Gasteiger partial charge in [0.15, 0.2) is 0 Å². The Kier molecular flexibility index (Phi) is 6.49. The van der Waals surface area contributed by atoms with E-state index in [-0.39, 0.29) is 6.04 Å². The Hall–Kier alpha value is -2.35. The number of benzene rings is 3. The molecule has 0 aromatic heterocycles. The Morgan fingerprint density at radius 1 is 0.741 bits per heavy atom. The first kappa shape index (κ1) is 19.4. The van der Waals surface area contributed by atoms with Gasteiger partial charge in [-0.2, -0.15) is 0 Å². The normalized spacial score (nSPS) is 12.7. The highest BCUT2D eigenvalue weighted by atomic mass is 31.2. The lowest BCUT2D eigenvalue weighted by molar-refractivity contribution is 0.468. The van der Waals surface area contributed by atoms with Crippen molar-refractivity contribution in [2.24, 2.45) is 5.92 Å². The minimum absolute atomic E-state index is 0.0523. The van der Waals surface area contributed by atoms with Crippen LogP contribution < -0.4 is 21.0 Å². The molecule has 0 unspecified atom stereocenters. The van der Waals surface area contributed by atoms with Crippen molar-refractivity contribution in [1.82, 2.24) is 5.09 Å². The van der Waals surface area contributed by atoms with E-state index in [9.17, 15) is 4.57 Å². The van der Waals surface area contributed by atoms with Crippen LogP contribution in [0.4, 0.5) is 5.69 Å². The van der Waals surface area contributed by atoms with Crippen LogP contribution in [0.5, 0.6) is 0 Å². The molecule has 0 fully saturated rings. The molecule has 0 aliphatic heterocycles. The Labute approximate surface area is 162 Å². The van der Waals surface area contributed by atoms with Crippen molar-refractivity contribution < 1.29 is 4.57 Å². The summed E-state index contributed by atoms with van der Waals surface area (Å²) in [6.45, 7) is 5.01. The van der Waals surface area contributed by atoms with Crippen molar-refractivity contribution in [3.63, 3.8) is 0 Å². The first-order chi connectivity index (χ1) is 13.1.